The Balaban J connectivity index is 2.14. The molecule has 7 nitrogen and oxygen atoms in total. The van der Waals surface area contributed by atoms with E-state index in [-0.39, 0.29) is 17.0 Å². The van der Waals surface area contributed by atoms with Crippen LogP contribution in [-0.4, -0.2) is 23.2 Å². The Labute approximate surface area is 145 Å². The van der Waals surface area contributed by atoms with Crippen molar-refractivity contribution in [3.8, 4) is 5.75 Å². The highest BCUT2D eigenvalue weighted by atomic mass is 79.9. The minimum Gasteiger partial charge on any atom is -0.474 e. The van der Waals surface area contributed by atoms with E-state index in [4.69, 9.17) is 4.74 Å². The maximum Gasteiger partial charge on any atom is 0.311 e. The molecule has 24 heavy (non-hydrogen) atoms. The van der Waals surface area contributed by atoms with Crippen molar-refractivity contribution in [2.24, 2.45) is 0 Å². The van der Waals surface area contributed by atoms with Crippen molar-refractivity contribution in [3.05, 3.63) is 62.6 Å². The zero-order valence-electron chi connectivity index (χ0n) is 12.6. The van der Waals surface area contributed by atoms with E-state index in [2.05, 4.69) is 21.2 Å². The number of nitro groups is 1. The molecule has 0 aliphatic carbocycles. The fourth-order valence-corrected chi connectivity index (χ4v) is 2.30. The van der Waals surface area contributed by atoms with Gasteiger partial charge in [-0.05, 0) is 37.3 Å². The van der Waals surface area contributed by atoms with E-state index >= 15 is 0 Å². The number of carbonyl (C=O) groups is 2. The van der Waals surface area contributed by atoms with Gasteiger partial charge < -0.3 is 10.1 Å². The van der Waals surface area contributed by atoms with Gasteiger partial charge in [0.25, 0.3) is 5.91 Å². The monoisotopic (exact) mass is 392 g/mol. The predicted octanol–water partition coefficient (Wildman–Crippen LogP) is 3.58. The number of nitrogens with one attached hydrogen (secondary N) is 1. The van der Waals surface area contributed by atoms with Crippen LogP contribution in [-0.2, 0) is 4.79 Å². The van der Waals surface area contributed by atoms with Crippen LogP contribution in [0.2, 0.25) is 0 Å². The van der Waals surface area contributed by atoms with Crippen molar-refractivity contribution in [1.82, 2.24) is 0 Å². The summed E-state index contributed by atoms with van der Waals surface area (Å²) in [6, 6.07) is 10.8. The molecule has 0 unspecified atom stereocenters. The van der Waals surface area contributed by atoms with E-state index in [1.165, 1.54) is 19.1 Å². The van der Waals surface area contributed by atoms with Crippen molar-refractivity contribution in [2.75, 3.05) is 5.32 Å². The number of carbonyl (C=O) groups excluding carboxylic acids is 2. The lowest BCUT2D eigenvalue weighted by Crippen LogP contribution is -2.30. The summed E-state index contributed by atoms with van der Waals surface area (Å²) in [5, 5.41) is 13.7. The molecule has 0 saturated carbocycles. The molecule has 0 aliphatic heterocycles. The van der Waals surface area contributed by atoms with Crippen LogP contribution >= 0.6 is 15.9 Å². The Kier molecular flexibility index (Phi) is 5.64. The number of benzene rings is 2. The third-order valence-electron chi connectivity index (χ3n) is 3.08. The zero-order chi connectivity index (χ0) is 17.7. The zero-order valence-corrected chi connectivity index (χ0v) is 14.1. The molecule has 0 bridgehead atoms. The molecule has 0 heterocycles. The molecule has 0 aliphatic rings. The smallest absolute Gasteiger partial charge is 0.311 e. The van der Waals surface area contributed by atoms with Crippen LogP contribution < -0.4 is 10.1 Å². The minimum absolute atomic E-state index is 0.0810. The summed E-state index contributed by atoms with van der Waals surface area (Å²) < 4.78 is 6.19. The number of aldehydes is 1. The topological polar surface area (TPSA) is 98.5 Å². The number of halogens is 1. The van der Waals surface area contributed by atoms with E-state index in [0.717, 1.165) is 10.5 Å². The summed E-state index contributed by atoms with van der Waals surface area (Å²) in [5.74, 6) is -0.538. The highest BCUT2D eigenvalue weighted by Crippen LogP contribution is 2.28. The molecule has 1 amide bonds. The largest absolute Gasteiger partial charge is 0.474 e. The molecule has 0 spiro atoms. The number of rotatable bonds is 6. The van der Waals surface area contributed by atoms with E-state index in [1.54, 1.807) is 18.2 Å². The average Bonchev–Trinajstić information content (AvgIpc) is 2.54. The van der Waals surface area contributed by atoms with Gasteiger partial charge in [0, 0.05) is 21.8 Å². The van der Waals surface area contributed by atoms with Gasteiger partial charge in [-0.1, -0.05) is 22.0 Å². The van der Waals surface area contributed by atoms with Gasteiger partial charge in [0.05, 0.1) is 4.92 Å². The molecule has 0 radical (unpaired) electrons. The van der Waals surface area contributed by atoms with Crippen LogP contribution in [0.15, 0.2) is 46.9 Å². The summed E-state index contributed by atoms with van der Waals surface area (Å²) >= 11 is 3.30. The molecule has 0 fully saturated rings. The number of ether oxygens (including phenoxy) is 1. The van der Waals surface area contributed by atoms with Crippen LogP contribution in [0.5, 0.6) is 5.75 Å². The van der Waals surface area contributed by atoms with Crippen molar-refractivity contribution in [3.63, 3.8) is 0 Å². The summed E-state index contributed by atoms with van der Waals surface area (Å²) in [6.45, 7) is 1.48. The normalized spacial score (nSPS) is 11.4. The highest BCUT2D eigenvalue weighted by molar-refractivity contribution is 9.10. The van der Waals surface area contributed by atoms with Crippen molar-refractivity contribution in [1.29, 1.82) is 0 Å². The molecule has 124 valence electrons. The summed E-state index contributed by atoms with van der Waals surface area (Å²) in [5.41, 5.74) is 0.345. The Bertz CT molecular complexity index is 794. The summed E-state index contributed by atoms with van der Waals surface area (Å²) in [7, 11) is 0. The first-order valence-corrected chi connectivity index (χ1v) is 7.66. The quantitative estimate of drug-likeness (QED) is 0.460. The van der Waals surface area contributed by atoms with Crippen molar-refractivity contribution in [2.45, 2.75) is 13.0 Å². The SMILES string of the molecule is C[C@H](Oc1ccc(C=O)cc1[N+](=O)[O-])C(=O)Nc1cccc(Br)c1. The van der Waals surface area contributed by atoms with E-state index in [9.17, 15) is 19.7 Å². The first kappa shape index (κ1) is 17.6. The number of nitro benzene ring substituents is 1. The summed E-state index contributed by atoms with van der Waals surface area (Å²) in [6.07, 6.45) is -0.468. The second-order valence-electron chi connectivity index (χ2n) is 4.86. The van der Waals surface area contributed by atoms with Crippen LogP contribution in [0.1, 0.15) is 17.3 Å². The molecular formula is C16H13BrN2O5. The molecular weight excluding hydrogens is 380 g/mol. The number of hydrogen-bond acceptors (Lipinski definition) is 5. The Morgan fingerprint density at radius 1 is 1.33 bits per heavy atom. The first-order valence-electron chi connectivity index (χ1n) is 6.87. The molecule has 2 aromatic rings. The van der Waals surface area contributed by atoms with Gasteiger partial charge in [-0.25, -0.2) is 0 Å². The van der Waals surface area contributed by atoms with Crippen molar-refractivity contribution < 1.29 is 19.2 Å². The number of amides is 1. The van der Waals surface area contributed by atoms with Gasteiger partial charge >= 0.3 is 5.69 Å². The number of nitrogens with zero attached hydrogens (tertiary/aromatic N) is 1. The van der Waals surface area contributed by atoms with E-state index in [0.29, 0.717) is 12.0 Å². The minimum atomic E-state index is -0.968. The van der Waals surface area contributed by atoms with Crippen LogP contribution in [0.25, 0.3) is 0 Å². The lowest BCUT2D eigenvalue weighted by molar-refractivity contribution is -0.386. The predicted molar refractivity (Wildman–Crippen MR) is 91.3 cm³/mol. The van der Waals surface area contributed by atoms with E-state index < -0.39 is 16.9 Å². The van der Waals surface area contributed by atoms with Gasteiger partial charge in [0.15, 0.2) is 11.9 Å². The molecule has 1 N–H and O–H groups in total. The highest BCUT2D eigenvalue weighted by Gasteiger charge is 2.21. The molecule has 0 aromatic heterocycles. The Hall–Kier alpha value is -2.74. The fourth-order valence-electron chi connectivity index (χ4n) is 1.90. The fraction of sp³-hybridized carbons (Fsp3) is 0.125. The number of anilines is 1. The van der Waals surface area contributed by atoms with Gasteiger partial charge in [-0.2, -0.15) is 0 Å². The Morgan fingerprint density at radius 2 is 2.08 bits per heavy atom. The van der Waals surface area contributed by atoms with Gasteiger partial charge in [-0.3, -0.25) is 19.7 Å². The lowest BCUT2D eigenvalue weighted by atomic mass is 10.2. The van der Waals surface area contributed by atoms with Gasteiger partial charge in [0.1, 0.15) is 6.29 Å². The Morgan fingerprint density at radius 3 is 2.71 bits per heavy atom. The maximum atomic E-state index is 12.2. The lowest BCUT2D eigenvalue weighted by Gasteiger charge is -2.15. The molecule has 0 saturated heterocycles. The second-order valence-corrected chi connectivity index (χ2v) is 5.78. The van der Waals surface area contributed by atoms with Crippen molar-refractivity contribution >= 4 is 39.5 Å². The molecule has 2 aromatic carbocycles. The van der Waals surface area contributed by atoms with Crippen LogP contribution in [0.4, 0.5) is 11.4 Å². The van der Waals surface area contributed by atoms with Crippen LogP contribution in [0, 0.1) is 10.1 Å². The van der Waals surface area contributed by atoms with Gasteiger partial charge in [0.2, 0.25) is 0 Å². The first-order chi connectivity index (χ1) is 11.4. The third-order valence-corrected chi connectivity index (χ3v) is 3.57. The average molecular weight is 393 g/mol. The number of hydrogen-bond donors (Lipinski definition) is 1. The molecule has 8 heteroatoms. The summed E-state index contributed by atoms with van der Waals surface area (Å²) in [4.78, 5) is 33.3. The van der Waals surface area contributed by atoms with E-state index in [1.807, 2.05) is 6.07 Å². The standard InChI is InChI=1S/C16H13BrN2O5/c1-10(16(21)18-13-4-2-3-12(17)8-13)24-15-6-5-11(9-20)7-14(15)19(22)23/h2-10H,1H3,(H,18,21)/t10-/m0/s1. The third kappa shape index (κ3) is 4.39. The molecule has 1 atom stereocenters. The van der Waals surface area contributed by atoms with Crippen LogP contribution in [0.3, 0.4) is 0 Å². The second kappa shape index (κ2) is 7.69. The maximum absolute atomic E-state index is 12.2. The van der Waals surface area contributed by atoms with Gasteiger partial charge in [-0.15, -0.1) is 0 Å². The molecule has 2 rings (SSSR count).